The minimum absolute atomic E-state index is 0.279. The molecule has 0 bridgehead atoms. The summed E-state index contributed by atoms with van der Waals surface area (Å²) in [7, 11) is 0. The maximum Gasteiger partial charge on any atom is 0.202 e. The fourth-order valence-electron chi connectivity index (χ4n) is 1.92. The molecule has 5 heteroatoms. The minimum Gasteiger partial charge on any atom is -0.345 e. The van der Waals surface area contributed by atoms with E-state index in [1.54, 1.807) is 11.3 Å². The molecule has 0 N–H and O–H groups in total. The number of nitrogens with zero attached hydrogens (tertiary/aromatic N) is 1. The molecule has 1 aromatic rings. The Morgan fingerprint density at radius 2 is 2.18 bits per heavy atom. The molecule has 1 aliphatic carbocycles. The molecule has 17 heavy (non-hydrogen) atoms. The van der Waals surface area contributed by atoms with Crippen molar-refractivity contribution in [2.75, 3.05) is 13.2 Å². The number of hydrogen-bond acceptors (Lipinski definition) is 4. The van der Waals surface area contributed by atoms with Gasteiger partial charge in [-0.15, -0.1) is 11.3 Å². The van der Waals surface area contributed by atoms with Crippen LogP contribution >= 0.6 is 22.9 Å². The zero-order valence-electron chi connectivity index (χ0n) is 9.14. The third kappa shape index (κ3) is 2.45. The summed E-state index contributed by atoms with van der Waals surface area (Å²) < 4.78 is 10.9. The van der Waals surface area contributed by atoms with Crippen LogP contribution in [0.5, 0.6) is 0 Å². The van der Waals surface area contributed by atoms with Crippen LogP contribution in [0.3, 0.4) is 0 Å². The number of allylic oxidation sites excluding steroid dienone is 4. The Morgan fingerprint density at radius 1 is 1.35 bits per heavy atom. The summed E-state index contributed by atoms with van der Waals surface area (Å²) >= 11 is 7.67. The summed E-state index contributed by atoms with van der Waals surface area (Å²) in [6.45, 7) is 1.30. The predicted octanol–water partition coefficient (Wildman–Crippen LogP) is 3.35. The molecule has 90 valence electrons. The van der Waals surface area contributed by atoms with Gasteiger partial charge in [-0.2, -0.15) is 0 Å². The highest BCUT2D eigenvalue weighted by Gasteiger charge is 2.23. The monoisotopic (exact) mass is 269 g/mol. The summed E-state index contributed by atoms with van der Waals surface area (Å²) in [4.78, 5) is 4.58. The quantitative estimate of drug-likeness (QED) is 0.825. The molecular weight excluding hydrogens is 258 g/mol. The van der Waals surface area contributed by atoms with Gasteiger partial charge in [-0.25, -0.2) is 4.98 Å². The van der Waals surface area contributed by atoms with Crippen LogP contribution in [0.1, 0.15) is 29.3 Å². The molecule has 1 atom stereocenters. The molecule has 1 unspecified atom stereocenters. The predicted molar refractivity (Wildman–Crippen MR) is 67.2 cm³/mol. The van der Waals surface area contributed by atoms with Gasteiger partial charge in [0.25, 0.3) is 0 Å². The van der Waals surface area contributed by atoms with Crippen molar-refractivity contribution in [2.24, 2.45) is 0 Å². The van der Waals surface area contributed by atoms with E-state index in [1.807, 2.05) is 17.5 Å². The Balaban J connectivity index is 1.76. The fraction of sp³-hybridized carbons (Fsp3) is 0.417. The van der Waals surface area contributed by atoms with Gasteiger partial charge in [0.2, 0.25) is 6.29 Å². The average molecular weight is 270 g/mol. The van der Waals surface area contributed by atoms with Gasteiger partial charge in [-0.1, -0.05) is 23.8 Å². The number of aromatic nitrogens is 1. The van der Waals surface area contributed by atoms with Crippen LogP contribution in [0, 0.1) is 0 Å². The summed E-state index contributed by atoms with van der Waals surface area (Å²) in [6, 6.07) is 0. The SMILES string of the molecule is ClC1=CC=CC(c2nc(C3OCCO3)cs2)C1. The first-order valence-corrected chi connectivity index (χ1v) is 6.80. The Labute approximate surface area is 109 Å². The van der Waals surface area contributed by atoms with Gasteiger partial charge in [0.1, 0.15) is 10.7 Å². The van der Waals surface area contributed by atoms with Crippen molar-refractivity contribution >= 4 is 22.9 Å². The zero-order chi connectivity index (χ0) is 11.7. The van der Waals surface area contributed by atoms with Crippen LogP contribution < -0.4 is 0 Å². The number of ether oxygens (including phenoxy) is 2. The van der Waals surface area contributed by atoms with Crippen LogP contribution in [0.4, 0.5) is 0 Å². The Kier molecular flexibility index (Phi) is 3.29. The van der Waals surface area contributed by atoms with Crippen molar-refractivity contribution in [2.45, 2.75) is 18.6 Å². The van der Waals surface area contributed by atoms with Gasteiger partial charge >= 0.3 is 0 Å². The highest BCUT2D eigenvalue weighted by Crippen LogP contribution is 2.34. The van der Waals surface area contributed by atoms with Gasteiger partial charge in [-0.3, -0.25) is 0 Å². The molecule has 1 fully saturated rings. The van der Waals surface area contributed by atoms with E-state index < -0.39 is 0 Å². The largest absolute Gasteiger partial charge is 0.345 e. The van der Waals surface area contributed by atoms with Gasteiger partial charge in [0.15, 0.2) is 0 Å². The summed E-state index contributed by atoms with van der Waals surface area (Å²) in [5.74, 6) is 0.285. The molecule has 0 radical (unpaired) electrons. The van der Waals surface area contributed by atoms with Gasteiger partial charge in [0.05, 0.1) is 13.2 Å². The molecular formula is C12H12ClNO2S. The van der Waals surface area contributed by atoms with Gasteiger partial charge in [0, 0.05) is 16.3 Å². The lowest BCUT2D eigenvalue weighted by Crippen LogP contribution is -2.01. The van der Waals surface area contributed by atoms with E-state index in [9.17, 15) is 0 Å². The lowest BCUT2D eigenvalue weighted by Gasteiger charge is -2.12. The second-order valence-electron chi connectivity index (χ2n) is 3.99. The molecule has 3 rings (SSSR count). The lowest BCUT2D eigenvalue weighted by molar-refractivity contribution is -0.0469. The molecule has 2 heterocycles. The third-order valence-electron chi connectivity index (χ3n) is 2.76. The number of hydrogen-bond donors (Lipinski definition) is 0. The molecule has 0 spiro atoms. The molecule has 0 aromatic carbocycles. The standard InChI is InChI=1S/C12H12ClNO2S/c13-9-3-1-2-8(6-9)11-14-10(7-17-11)12-15-4-5-16-12/h1-3,7-8,12H,4-6H2. The molecule has 0 saturated carbocycles. The molecule has 1 aromatic heterocycles. The highest BCUT2D eigenvalue weighted by atomic mass is 35.5. The normalized spacial score (nSPS) is 25.2. The van der Waals surface area contributed by atoms with Crippen LogP contribution in [-0.4, -0.2) is 18.2 Å². The number of halogens is 1. The Bertz CT molecular complexity index is 463. The summed E-state index contributed by atoms with van der Waals surface area (Å²) in [6.07, 6.45) is 6.59. The van der Waals surface area contributed by atoms with Gasteiger partial charge in [-0.05, 0) is 12.5 Å². The summed E-state index contributed by atoms with van der Waals surface area (Å²) in [5, 5.41) is 3.95. The molecule has 3 nitrogen and oxygen atoms in total. The van der Waals surface area contributed by atoms with Crippen molar-refractivity contribution in [3.63, 3.8) is 0 Å². The van der Waals surface area contributed by atoms with E-state index >= 15 is 0 Å². The van der Waals surface area contributed by atoms with Crippen LogP contribution in [0.25, 0.3) is 0 Å². The first kappa shape index (κ1) is 11.4. The molecule has 1 saturated heterocycles. The molecule has 1 aliphatic heterocycles. The molecule has 2 aliphatic rings. The average Bonchev–Trinajstić information content (AvgIpc) is 3.00. The van der Waals surface area contributed by atoms with E-state index in [1.165, 1.54) is 0 Å². The van der Waals surface area contributed by atoms with Crippen molar-refractivity contribution < 1.29 is 9.47 Å². The van der Waals surface area contributed by atoms with Crippen molar-refractivity contribution in [1.82, 2.24) is 4.98 Å². The third-order valence-corrected chi connectivity index (χ3v) is 4.03. The van der Waals surface area contributed by atoms with E-state index in [0.29, 0.717) is 13.2 Å². The second-order valence-corrected chi connectivity index (χ2v) is 5.37. The van der Waals surface area contributed by atoms with Gasteiger partial charge < -0.3 is 9.47 Å². The van der Waals surface area contributed by atoms with E-state index in [0.717, 1.165) is 22.2 Å². The first-order chi connectivity index (χ1) is 8.33. The number of thiazole rings is 1. The van der Waals surface area contributed by atoms with Crippen LogP contribution in [0.15, 0.2) is 28.6 Å². The maximum absolute atomic E-state index is 6.03. The maximum atomic E-state index is 6.03. The summed E-state index contributed by atoms with van der Waals surface area (Å²) in [5.41, 5.74) is 0.876. The first-order valence-electron chi connectivity index (χ1n) is 5.54. The van der Waals surface area contributed by atoms with Crippen molar-refractivity contribution in [3.05, 3.63) is 39.3 Å². The zero-order valence-corrected chi connectivity index (χ0v) is 10.7. The van der Waals surface area contributed by atoms with Crippen molar-refractivity contribution in [1.29, 1.82) is 0 Å². The smallest absolute Gasteiger partial charge is 0.202 e. The van der Waals surface area contributed by atoms with Crippen LogP contribution in [-0.2, 0) is 9.47 Å². The van der Waals surface area contributed by atoms with E-state index in [-0.39, 0.29) is 12.2 Å². The lowest BCUT2D eigenvalue weighted by atomic mass is 10.0. The Hall–Kier alpha value is -0.680. The molecule has 0 amide bonds. The fourth-order valence-corrected chi connectivity index (χ4v) is 3.06. The highest BCUT2D eigenvalue weighted by molar-refractivity contribution is 7.09. The van der Waals surface area contributed by atoms with Crippen LogP contribution in [0.2, 0.25) is 0 Å². The topological polar surface area (TPSA) is 31.4 Å². The second kappa shape index (κ2) is 4.90. The van der Waals surface area contributed by atoms with Crippen molar-refractivity contribution in [3.8, 4) is 0 Å². The van der Waals surface area contributed by atoms with E-state index in [4.69, 9.17) is 21.1 Å². The Morgan fingerprint density at radius 3 is 2.94 bits per heavy atom. The minimum atomic E-state index is -0.279. The number of rotatable bonds is 2. The van der Waals surface area contributed by atoms with E-state index in [2.05, 4.69) is 11.1 Å².